The van der Waals surface area contributed by atoms with Gasteiger partial charge < -0.3 is 14.2 Å². The van der Waals surface area contributed by atoms with Crippen LogP contribution in [0.3, 0.4) is 0 Å². The first kappa shape index (κ1) is 17.6. The Labute approximate surface area is 161 Å². The van der Waals surface area contributed by atoms with Gasteiger partial charge in [0.05, 0.1) is 18.6 Å². The molecule has 138 valence electrons. The third kappa shape index (κ3) is 3.42. The lowest BCUT2D eigenvalue weighted by Crippen LogP contribution is -2.24. The van der Waals surface area contributed by atoms with Gasteiger partial charge in [0, 0.05) is 23.5 Å². The van der Waals surface area contributed by atoms with Gasteiger partial charge in [0.25, 0.3) is 0 Å². The predicted octanol–water partition coefficient (Wildman–Crippen LogP) is 3.99. The van der Waals surface area contributed by atoms with E-state index in [0.717, 1.165) is 16.1 Å². The second kappa shape index (κ2) is 7.44. The third-order valence-corrected chi connectivity index (χ3v) is 5.35. The summed E-state index contributed by atoms with van der Waals surface area (Å²) < 4.78 is 10.8. The Morgan fingerprint density at radius 1 is 1.22 bits per heavy atom. The molecule has 0 spiro atoms. The first-order valence-corrected chi connectivity index (χ1v) is 9.83. The zero-order valence-electron chi connectivity index (χ0n) is 15.1. The number of carbonyl (C=O) groups excluding carboxylic acids is 1. The molecule has 1 aromatic heterocycles. The molecule has 0 bridgehead atoms. The minimum absolute atomic E-state index is 0.0651. The van der Waals surface area contributed by atoms with Crippen LogP contribution in [0.5, 0.6) is 5.75 Å². The molecule has 1 amide bonds. The van der Waals surface area contributed by atoms with Crippen LogP contribution in [0.25, 0.3) is 11.4 Å². The Hall–Kier alpha value is -2.80. The normalized spacial score (nSPS) is 16.7. The predicted molar refractivity (Wildman–Crippen MR) is 104 cm³/mol. The maximum absolute atomic E-state index is 12.5. The van der Waals surface area contributed by atoms with Crippen LogP contribution < -0.4 is 9.64 Å². The first-order valence-electron chi connectivity index (χ1n) is 8.61. The molecular formula is C20H19N3O3S. The van der Waals surface area contributed by atoms with E-state index < -0.39 is 0 Å². The lowest BCUT2D eigenvalue weighted by molar-refractivity contribution is -0.117. The van der Waals surface area contributed by atoms with Crippen LogP contribution in [0.1, 0.15) is 18.2 Å². The van der Waals surface area contributed by atoms with Crippen molar-refractivity contribution in [3.63, 3.8) is 0 Å². The van der Waals surface area contributed by atoms with Crippen molar-refractivity contribution in [3.05, 3.63) is 54.4 Å². The lowest BCUT2D eigenvalue weighted by Gasteiger charge is -2.16. The molecule has 1 saturated heterocycles. The van der Waals surface area contributed by atoms with Crippen molar-refractivity contribution in [3.8, 4) is 17.1 Å². The quantitative estimate of drug-likeness (QED) is 0.623. The molecule has 0 aliphatic carbocycles. The van der Waals surface area contributed by atoms with Gasteiger partial charge in [-0.1, -0.05) is 23.4 Å². The fraction of sp³-hybridized carbons (Fsp3) is 0.250. The number of hydrogen-bond acceptors (Lipinski definition) is 6. The van der Waals surface area contributed by atoms with Gasteiger partial charge in [-0.2, -0.15) is 4.98 Å². The highest BCUT2D eigenvalue weighted by molar-refractivity contribution is 7.98. The van der Waals surface area contributed by atoms with Crippen LogP contribution in [-0.2, 0) is 4.79 Å². The number of rotatable bonds is 5. The van der Waals surface area contributed by atoms with Gasteiger partial charge in [-0.25, -0.2) is 0 Å². The van der Waals surface area contributed by atoms with Crippen LogP contribution >= 0.6 is 11.8 Å². The second-order valence-corrected chi connectivity index (χ2v) is 7.14. The molecule has 1 unspecified atom stereocenters. The van der Waals surface area contributed by atoms with Crippen molar-refractivity contribution in [1.29, 1.82) is 0 Å². The highest BCUT2D eigenvalue weighted by Gasteiger charge is 2.35. The topological polar surface area (TPSA) is 68.5 Å². The Balaban J connectivity index is 1.57. The minimum atomic E-state index is -0.119. The van der Waals surface area contributed by atoms with Crippen LogP contribution in [0.15, 0.2) is 57.9 Å². The van der Waals surface area contributed by atoms with E-state index >= 15 is 0 Å². The number of para-hydroxylation sites is 1. The van der Waals surface area contributed by atoms with Crippen molar-refractivity contribution in [2.45, 2.75) is 17.2 Å². The number of nitrogens with zero attached hydrogens (tertiary/aromatic N) is 3. The molecule has 27 heavy (non-hydrogen) atoms. The van der Waals surface area contributed by atoms with Crippen molar-refractivity contribution in [2.75, 3.05) is 24.8 Å². The van der Waals surface area contributed by atoms with Gasteiger partial charge in [-0.05, 0) is 36.6 Å². The summed E-state index contributed by atoms with van der Waals surface area (Å²) in [5.41, 5.74) is 1.67. The molecule has 1 aliphatic heterocycles. The van der Waals surface area contributed by atoms with Gasteiger partial charge in [0.15, 0.2) is 0 Å². The Bertz CT molecular complexity index is 972. The maximum Gasteiger partial charge on any atom is 0.232 e. The molecule has 0 radical (unpaired) electrons. The number of anilines is 1. The van der Waals surface area contributed by atoms with Gasteiger partial charge in [0.1, 0.15) is 5.75 Å². The smallest absolute Gasteiger partial charge is 0.232 e. The number of benzene rings is 2. The van der Waals surface area contributed by atoms with Crippen molar-refractivity contribution in [2.24, 2.45) is 0 Å². The number of aromatic nitrogens is 2. The number of thioether (sulfide) groups is 1. The molecule has 1 aliphatic rings. The number of methoxy groups -OCH3 is 1. The minimum Gasteiger partial charge on any atom is -0.496 e. The first-order chi connectivity index (χ1) is 13.2. The summed E-state index contributed by atoms with van der Waals surface area (Å²) in [7, 11) is 1.61. The number of ether oxygens (including phenoxy) is 1. The van der Waals surface area contributed by atoms with E-state index in [4.69, 9.17) is 9.26 Å². The molecule has 6 nitrogen and oxygen atoms in total. The lowest BCUT2D eigenvalue weighted by atomic mass is 10.1. The monoisotopic (exact) mass is 381 g/mol. The average Bonchev–Trinajstić information content (AvgIpc) is 3.35. The van der Waals surface area contributed by atoms with E-state index in [-0.39, 0.29) is 11.8 Å². The van der Waals surface area contributed by atoms with E-state index in [1.54, 1.807) is 23.8 Å². The standard InChI is InChI=1S/C20H19N3O3S/c1-25-17-9-4-3-8-16(17)19-21-20(26-22-19)13-10-18(24)23(12-13)14-6-5-7-15(11-14)27-2/h3-9,11,13H,10,12H2,1-2H3. The molecule has 2 heterocycles. The molecule has 1 fully saturated rings. The summed E-state index contributed by atoms with van der Waals surface area (Å²) >= 11 is 1.65. The van der Waals surface area contributed by atoms with Crippen LogP contribution in [-0.4, -0.2) is 36.0 Å². The molecule has 1 atom stereocenters. The summed E-state index contributed by atoms with van der Waals surface area (Å²) in [6.45, 7) is 0.532. The number of amides is 1. The number of carbonyl (C=O) groups is 1. The summed E-state index contributed by atoms with van der Waals surface area (Å²) in [6, 6.07) is 15.5. The van der Waals surface area contributed by atoms with Crippen LogP contribution in [0.2, 0.25) is 0 Å². The van der Waals surface area contributed by atoms with Gasteiger partial charge in [-0.15, -0.1) is 11.8 Å². The Morgan fingerprint density at radius 3 is 2.89 bits per heavy atom. The molecule has 0 N–H and O–H groups in total. The van der Waals surface area contributed by atoms with E-state index in [0.29, 0.717) is 30.4 Å². The molecule has 0 saturated carbocycles. The summed E-state index contributed by atoms with van der Waals surface area (Å²) in [4.78, 5) is 20.0. The molecule has 7 heteroatoms. The Morgan fingerprint density at radius 2 is 2.07 bits per heavy atom. The molecule has 2 aromatic carbocycles. The van der Waals surface area contributed by atoms with Gasteiger partial charge >= 0.3 is 0 Å². The fourth-order valence-corrected chi connectivity index (χ4v) is 3.69. The van der Waals surface area contributed by atoms with Crippen molar-refractivity contribution < 1.29 is 14.1 Å². The van der Waals surface area contributed by atoms with Crippen LogP contribution in [0.4, 0.5) is 5.69 Å². The maximum atomic E-state index is 12.5. The van der Waals surface area contributed by atoms with Gasteiger partial charge in [-0.3, -0.25) is 4.79 Å². The molecule has 4 rings (SSSR count). The van der Waals surface area contributed by atoms with E-state index in [2.05, 4.69) is 10.1 Å². The van der Waals surface area contributed by atoms with Gasteiger partial charge in [0.2, 0.25) is 17.6 Å². The molecule has 3 aromatic rings. The number of hydrogen-bond donors (Lipinski definition) is 0. The summed E-state index contributed by atoms with van der Waals surface area (Å²) in [6.07, 6.45) is 2.38. The largest absolute Gasteiger partial charge is 0.496 e. The Kier molecular flexibility index (Phi) is 4.85. The SMILES string of the molecule is COc1ccccc1-c1noc(C2CC(=O)N(c3cccc(SC)c3)C2)n1. The zero-order chi connectivity index (χ0) is 18.8. The summed E-state index contributed by atoms with van der Waals surface area (Å²) in [5, 5.41) is 4.09. The highest BCUT2D eigenvalue weighted by atomic mass is 32.2. The van der Waals surface area contributed by atoms with E-state index in [1.165, 1.54) is 0 Å². The second-order valence-electron chi connectivity index (χ2n) is 6.26. The third-order valence-electron chi connectivity index (χ3n) is 4.63. The summed E-state index contributed by atoms with van der Waals surface area (Å²) in [5.74, 6) is 1.58. The molecular weight excluding hydrogens is 362 g/mol. The zero-order valence-corrected chi connectivity index (χ0v) is 15.9. The average molecular weight is 381 g/mol. The van der Waals surface area contributed by atoms with Crippen LogP contribution in [0, 0.1) is 0 Å². The van der Waals surface area contributed by atoms with Crippen molar-refractivity contribution in [1.82, 2.24) is 10.1 Å². The van der Waals surface area contributed by atoms with E-state index in [1.807, 2.05) is 54.8 Å². The van der Waals surface area contributed by atoms with Crippen molar-refractivity contribution >= 4 is 23.4 Å². The highest BCUT2D eigenvalue weighted by Crippen LogP contribution is 2.34. The van der Waals surface area contributed by atoms with E-state index in [9.17, 15) is 4.79 Å². The fourth-order valence-electron chi connectivity index (χ4n) is 3.24.